The van der Waals surface area contributed by atoms with E-state index < -0.39 is 0 Å². The molecule has 17 heavy (non-hydrogen) atoms. The molecule has 0 aromatic rings. The normalized spacial score (nSPS) is 24.5. The van der Waals surface area contributed by atoms with Crippen LogP contribution in [0.2, 0.25) is 0 Å². The monoisotopic (exact) mass is 258 g/mol. The molecule has 2 rings (SSSR count). The molecule has 0 aromatic heterocycles. The van der Waals surface area contributed by atoms with Crippen LogP contribution in [-0.4, -0.2) is 54.4 Å². The van der Waals surface area contributed by atoms with Gasteiger partial charge in [-0.1, -0.05) is 19.3 Å². The Balaban J connectivity index is 1.57. The summed E-state index contributed by atoms with van der Waals surface area (Å²) < 4.78 is 0. The van der Waals surface area contributed by atoms with Gasteiger partial charge in [-0.15, -0.1) is 11.6 Å². The van der Waals surface area contributed by atoms with E-state index in [1.165, 1.54) is 77.7 Å². The number of unbranched alkanes of at least 4 members (excludes halogenated alkanes) is 2. The van der Waals surface area contributed by atoms with E-state index in [4.69, 9.17) is 11.6 Å². The molecule has 2 nitrogen and oxygen atoms in total. The predicted molar refractivity (Wildman–Crippen MR) is 74.8 cm³/mol. The zero-order valence-corrected chi connectivity index (χ0v) is 11.8. The van der Waals surface area contributed by atoms with Crippen LogP contribution < -0.4 is 0 Å². The average molecular weight is 259 g/mol. The fraction of sp³-hybridized carbons (Fsp3) is 1.00. The molecular weight excluding hydrogens is 232 g/mol. The van der Waals surface area contributed by atoms with Gasteiger partial charge in [0.1, 0.15) is 0 Å². The maximum absolute atomic E-state index is 5.69. The van der Waals surface area contributed by atoms with E-state index in [1.54, 1.807) is 0 Å². The van der Waals surface area contributed by atoms with E-state index in [0.717, 1.165) is 11.9 Å². The summed E-state index contributed by atoms with van der Waals surface area (Å²) in [6.07, 6.45) is 9.64. The van der Waals surface area contributed by atoms with E-state index in [0.29, 0.717) is 0 Å². The Morgan fingerprint density at radius 2 is 1.59 bits per heavy atom. The van der Waals surface area contributed by atoms with Gasteiger partial charge in [-0.2, -0.15) is 0 Å². The lowest BCUT2D eigenvalue weighted by atomic mass is 10.1. The van der Waals surface area contributed by atoms with Crippen LogP contribution >= 0.6 is 11.6 Å². The molecule has 0 unspecified atom stereocenters. The van der Waals surface area contributed by atoms with Gasteiger partial charge in [-0.3, -0.25) is 4.90 Å². The Morgan fingerprint density at radius 3 is 2.24 bits per heavy atom. The molecule has 0 radical (unpaired) electrons. The van der Waals surface area contributed by atoms with Crippen molar-refractivity contribution in [1.29, 1.82) is 0 Å². The molecule has 1 aliphatic heterocycles. The zero-order valence-electron chi connectivity index (χ0n) is 11.0. The zero-order chi connectivity index (χ0) is 11.9. The molecule has 2 aliphatic rings. The highest BCUT2D eigenvalue weighted by Gasteiger charge is 2.25. The number of piperazine rings is 1. The minimum absolute atomic E-state index is 0.829. The SMILES string of the molecule is ClCCCCCN1CCN(C2CCCC2)CC1. The van der Waals surface area contributed by atoms with E-state index in [-0.39, 0.29) is 0 Å². The summed E-state index contributed by atoms with van der Waals surface area (Å²) in [5.74, 6) is 0.829. The molecule has 1 aliphatic carbocycles. The highest BCUT2D eigenvalue weighted by Crippen LogP contribution is 2.24. The van der Waals surface area contributed by atoms with Crippen molar-refractivity contribution in [2.24, 2.45) is 0 Å². The van der Waals surface area contributed by atoms with Crippen LogP contribution in [0.5, 0.6) is 0 Å². The molecule has 0 aromatic carbocycles. The van der Waals surface area contributed by atoms with Crippen molar-refractivity contribution >= 4 is 11.6 Å². The largest absolute Gasteiger partial charge is 0.301 e. The van der Waals surface area contributed by atoms with Crippen LogP contribution in [-0.2, 0) is 0 Å². The molecule has 0 spiro atoms. The van der Waals surface area contributed by atoms with Crippen molar-refractivity contribution in [3.05, 3.63) is 0 Å². The smallest absolute Gasteiger partial charge is 0.0223 e. The highest BCUT2D eigenvalue weighted by atomic mass is 35.5. The summed E-state index contributed by atoms with van der Waals surface area (Å²) >= 11 is 5.69. The third-order valence-corrected chi connectivity index (χ3v) is 4.62. The number of hydrogen-bond acceptors (Lipinski definition) is 2. The number of halogens is 1. The van der Waals surface area contributed by atoms with E-state index in [2.05, 4.69) is 9.80 Å². The molecule has 100 valence electrons. The first-order valence-corrected chi connectivity index (χ1v) is 7.96. The van der Waals surface area contributed by atoms with Crippen LogP contribution in [0.4, 0.5) is 0 Å². The summed E-state index contributed by atoms with van der Waals surface area (Å²) in [5, 5.41) is 0. The van der Waals surface area contributed by atoms with Gasteiger partial charge in [0.05, 0.1) is 0 Å². The Labute approximate surface area is 111 Å². The van der Waals surface area contributed by atoms with Crippen LogP contribution in [0.1, 0.15) is 44.9 Å². The lowest BCUT2D eigenvalue weighted by Crippen LogP contribution is -2.49. The van der Waals surface area contributed by atoms with Crippen molar-refractivity contribution in [3.63, 3.8) is 0 Å². The lowest BCUT2D eigenvalue weighted by molar-refractivity contribution is 0.0968. The fourth-order valence-corrected chi connectivity index (χ4v) is 3.42. The minimum atomic E-state index is 0.829. The summed E-state index contributed by atoms with van der Waals surface area (Å²) in [6.45, 7) is 6.48. The summed E-state index contributed by atoms with van der Waals surface area (Å²) in [4.78, 5) is 5.38. The number of nitrogens with zero attached hydrogens (tertiary/aromatic N) is 2. The molecular formula is C14H27ClN2. The Kier molecular flexibility index (Phi) is 6.10. The highest BCUT2D eigenvalue weighted by molar-refractivity contribution is 6.17. The van der Waals surface area contributed by atoms with Crippen LogP contribution in [0.15, 0.2) is 0 Å². The van der Waals surface area contributed by atoms with Crippen LogP contribution in [0, 0.1) is 0 Å². The van der Waals surface area contributed by atoms with Crippen molar-refractivity contribution in [1.82, 2.24) is 9.80 Å². The van der Waals surface area contributed by atoms with Gasteiger partial charge < -0.3 is 4.90 Å². The quantitative estimate of drug-likeness (QED) is 0.534. The van der Waals surface area contributed by atoms with Gasteiger partial charge in [-0.25, -0.2) is 0 Å². The van der Waals surface area contributed by atoms with Gasteiger partial charge in [0.25, 0.3) is 0 Å². The van der Waals surface area contributed by atoms with Gasteiger partial charge in [0, 0.05) is 38.1 Å². The van der Waals surface area contributed by atoms with E-state index >= 15 is 0 Å². The number of alkyl halides is 1. The Bertz CT molecular complexity index is 196. The van der Waals surface area contributed by atoms with Gasteiger partial charge >= 0.3 is 0 Å². The summed E-state index contributed by atoms with van der Waals surface area (Å²) in [5.41, 5.74) is 0. The van der Waals surface area contributed by atoms with Gasteiger partial charge in [0.15, 0.2) is 0 Å². The maximum atomic E-state index is 5.69. The molecule has 1 heterocycles. The Hall–Kier alpha value is 0.210. The van der Waals surface area contributed by atoms with Crippen molar-refractivity contribution in [2.45, 2.75) is 51.0 Å². The van der Waals surface area contributed by atoms with Crippen LogP contribution in [0.3, 0.4) is 0 Å². The van der Waals surface area contributed by atoms with Gasteiger partial charge in [-0.05, 0) is 32.2 Å². The number of hydrogen-bond donors (Lipinski definition) is 0. The summed E-state index contributed by atoms with van der Waals surface area (Å²) in [7, 11) is 0. The number of rotatable bonds is 6. The second-order valence-electron chi connectivity index (χ2n) is 5.57. The van der Waals surface area contributed by atoms with Crippen LogP contribution in [0.25, 0.3) is 0 Å². The van der Waals surface area contributed by atoms with Crippen molar-refractivity contribution in [3.8, 4) is 0 Å². The molecule has 0 N–H and O–H groups in total. The fourth-order valence-electron chi connectivity index (χ4n) is 3.23. The molecule has 1 saturated heterocycles. The average Bonchev–Trinajstić information content (AvgIpc) is 2.89. The molecule has 1 saturated carbocycles. The van der Waals surface area contributed by atoms with Gasteiger partial charge in [0.2, 0.25) is 0 Å². The first-order chi connectivity index (χ1) is 8.40. The molecule has 0 amide bonds. The minimum Gasteiger partial charge on any atom is -0.301 e. The first kappa shape index (κ1) is 13.6. The Morgan fingerprint density at radius 1 is 0.882 bits per heavy atom. The standard InChI is InChI=1S/C14H27ClN2/c15-8-4-1-5-9-16-10-12-17(13-11-16)14-6-2-3-7-14/h14H,1-13H2. The topological polar surface area (TPSA) is 6.48 Å². The maximum Gasteiger partial charge on any atom is 0.0223 e. The molecule has 2 fully saturated rings. The lowest BCUT2D eigenvalue weighted by Gasteiger charge is -2.38. The predicted octanol–water partition coefficient (Wildman–Crippen LogP) is 2.96. The third-order valence-electron chi connectivity index (χ3n) is 4.36. The van der Waals surface area contributed by atoms with Crippen molar-refractivity contribution in [2.75, 3.05) is 38.6 Å². The molecule has 0 atom stereocenters. The third kappa shape index (κ3) is 4.42. The second kappa shape index (κ2) is 7.60. The van der Waals surface area contributed by atoms with E-state index in [1.807, 2.05) is 0 Å². The summed E-state index contributed by atoms with van der Waals surface area (Å²) in [6, 6.07) is 0.924. The van der Waals surface area contributed by atoms with E-state index in [9.17, 15) is 0 Å². The van der Waals surface area contributed by atoms with Crippen molar-refractivity contribution < 1.29 is 0 Å². The molecule has 3 heteroatoms. The second-order valence-corrected chi connectivity index (χ2v) is 5.94. The molecule has 0 bridgehead atoms. The first-order valence-electron chi connectivity index (χ1n) is 7.42.